The zero-order chi connectivity index (χ0) is 34.4. The van der Waals surface area contributed by atoms with Gasteiger partial charge in [-0.15, -0.1) is 0 Å². The summed E-state index contributed by atoms with van der Waals surface area (Å²) in [6.07, 6.45) is 17.3. The van der Waals surface area contributed by atoms with Crippen molar-refractivity contribution in [3.8, 4) is 0 Å². The van der Waals surface area contributed by atoms with Gasteiger partial charge in [-0.3, -0.25) is 0 Å². The van der Waals surface area contributed by atoms with E-state index in [0.29, 0.717) is 29.6 Å². The normalized spacial score (nSPS) is 13.6. The Hall–Kier alpha value is -0.320. The molecular formula is C36H80O8. The Balaban J connectivity index is -0.000000242. The van der Waals surface area contributed by atoms with E-state index in [0.717, 1.165) is 70.6 Å². The summed E-state index contributed by atoms with van der Waals surface area (Å²) >= 11 is 0. The second kappa shape index (κ2) is 42.7. The van der Waals surface area contributed by atoms with Crippen LogP contribution >= 0.6 is 0 Å². The van der Waals surface area contributed by atoms with Crippen LogP contribution in [0.1, 0.15) is 144 Å². The molecule has 4 atom stereocenters. The first-order chi connectivity index (χ1) is 21.2. The molecule has 0 radical (unpaired) electrons. The monoisotopic (exact) mass is 641 g/mol. The maximum absolute atomic E-state index is 8.92. The fourth-order valence-corrected chi connectivity index (χ4v) is 4.76. The van der Waals surface area contributed by atoms with E-state index in [9.17, 15) is 0 Å². The van der Waals surface area contributed by atoms with Crippen LogP contribution in [0.2, 0.25) is 0 Å². The molecule has 0 saturated heterocycles. The lowest BCUT2D eigenvalue weighted by Gasteiger charge is -2.16. The van der Waals surface area contributed by atoms with E-state index in [1.807, 2.05) is 13.8 Å². The topological polar surface area (TPSA) is 162 Å². The van der Waals surface area contributed by atoms with Crippen LogP contribution in [-0.2, 0) is 0 Å². The maximum Gasteiger partial charge on any atom is 0.0481 e. The van der Waals surface area contributed by atoms with E-state index in [1.165, 1.54) is 32.1 Å². The van der Waals surface area contributed by atoms with Gasteiger partial charge in [0.2, 0.25) is 0 Å². The van der Waals surface area contributed by atoms with Crippen molar-refractivity contribution in [3.05, 3.63) is 0 Å². The molecule has 8 heteroatoms. The van der Waals surface area contributed by atoms with E-state index >= 15 is 0 Å². The molecule has 0 saturated carbocycles. The van der Waals surface area contributed by atoms with Crippen molar-refractivity contribution in [2.45, 2.75) is 144 Å². The molecule has 44 heavy (non-hydrogen) atoms. The molecule has 8 nitrogen and oxygen atoms in total. The van der Waals surface area contributed by atoms with Crippen LogP contribution in [0.4, 0.5) is 0 Å². The fraction of sp³-hybridized carbons (Fsp3) is 1.00. The Morgan fingerprint density at radius 3 is 1.25 bits per heavy atom. The highest BCUT2D eigenvalue weighted by atomic mass is 16.3. The van der Waals surface area contributed by atoms with Gasteiger partial charge in [-0.25, -0.2) is 0 Å². The number of hydrogen-bond donors (Lipinski definition) is 8. The van der Waals surface area contributed by atoms with Crippen LogP contribution in [0.15, 0.2) is 0 Å². The van der Waals surface area contributed by atoms with Gasteiger partial charge in [-0.1, -0.05) is 99.3 Å². The van der Waals surface area contributed by atoms with Gasteiger partial charge in [-0.05, 0) is 74.5 Å². The van der Waals surface area contributed by atoms with Crippen LogP contribution in [0, 0.1) is 35.5 Å². The molecule has 0 aromatic rings. The average Bonchev–Trinajstić information content (AvgIpc) is 3.04. The molecule has 4 unspecified atom stereocenters. The largest absolute Gasteiger partial charge is 0.396 e. The highest BCUT2D eigenvalue weighted by Crippen LogP contribution is 2.17. The molecule has 0 aromatic carbocycles. The van der Waals surface area contributed by atoms with Crippen molar-refractivity contribution in [2.24, 2.45) is 35.5 Å². The third-order valence-corrected chi connectivity index (χ3v) is 8.24. The second-order valence-corrected chi connectivity index (χ2v) is 12.8. The molecule has 0 spiro atoms. The summed E-state index contributed by atoms with van der Waals surface area (Å²) in [5.74, 6) is 2.19. The van der Waals surface area contributed by atoms with Crippen molar-refractivity contribution in [3.63, 3.8) is 0 Å². The first kappa shape index (κ1) is 50.5. The van der Waals surface area contributed by atoms with E-state index in [2.05, 4.69) is 27.7 Å². The molecule has 272 valence electrons. The third-order valence-electron chi connectivity index (χ3n) is 8.24. The summed E-state index contributed by atoms with van der Waals surface area (Å²) in [5, 5.41) is 70.1. The van der Waals surface area contributed by atoms with Crippen molar-refractivity contribution in [1.29, 1.82) is 0 Å². The lowest BCUT2D eigenvalue weighted by molar-refractivity contribution is 0.141. The minimum atomic E-state index is 0.117. The molecule has 0 amide bonds. The van der Waals surface area contributed by atoms with E-state index in [1.54, 1.807) is 0 Å². The van der Waals surface area contributed by atoms with Crippen LogP contribution in [-0.4, -0.2) is 93.7 Å². The first-order valence-corrected chi connectivity index (χ1v) is 18.0. The molecule has 0 aliphatic carbocycles. The van der Waals surface area contributed by atoms with Crippen LogP contribution in [0.25, 0.3) is 0 Å². The maximum atomic E-state index is 8.92. The zero-order valence-electron chi connectivity index (χ0n) is 30.0. The van der Waals surface area contributed by atoms with Crippen molar-refractivity contribution >= 4 is 0 Å². The van der Waals surface area contributed by atoms with Gasteiger partial charge >= 0.3 is 0 Å². The second-order valence-electron chi connectivity index (χ2n) is 12.8. The molecular weight excluding hydrogens is 560 g/mol. The highest BCUT2D eigenvalue weighted by molar-refractivity contribution is 4.62. The van der Waals surface area contributed by atoms with Gasteiger partial charge in [0.25, 0.3) is 0 Å². The molecule has 0 bridgehead atoms. The first-order valence-electron chi connectivity index (χ1n) is 18.0. The van der Waals surface area contributed by atoms with Crippen molar-refractivity contribution in [1.82, 2.24) is 0 Å². The van der Waals surface area contributed by atoms with Gasteiger partial charge in [-0.2, -0.15) is 0 Å². The zero-order valence-corrected chi connectivity index (χ0v) is 30.0. The van der Waals surface area contributed by atoms with Crippen molar-refractivity contribution < 1.29 is 40.9 Å². The number of hydrogen-bond acceptors (Lipinski definition) is 8. The fourth-order valence-electron chi connectivity index (χ4n) is 4.76. The Morgan fingerprint density at radius 1 is 0.364 bits per heavy atom. The predicted molar refractivity (Wildman–Crippen MR) is 186 cm³/mol. The lowest BCUT2D eigenvalue weighted by Crippen LogP contribution is -2.12. The Bertz CT molecular complexity index is 464. The number of rotatable bonds is 26. The van der Waals surface area contributed by atoms with Crippen LogP contribution in [0.5, 0.6) is 0 Å². The standard InChI is InChI=1S/4C9H20O2/c1-3-9(7-11)5-4-8(2)6-10;1-3-4-9(7-11)5-8(2)6-10;1-2-3-4-9(5-7-10)6-8-11;1-2-3-4-5-6-9(7-10)8-11/h2*8-11H,3-7H2,1-2H3;2*9-11H,2-8H2,1H3. The minimum absolute atomic E-state index is 0.117. The molecule has 0 fully saturated rings. The van der Waals surface area contributed by atoms with E-state index in [-0.39, 0.29) is 58.8 Å². The van der Waals surface area contributed by atoms with Crippen LogP contribution < -0.4 is 0 Å². The molecule has 0 aliphatic rings. The summed E-state index contributed by atoms with van der Waals surface area (Å²) in [7, 11) is 0. The summed E-state index contributed by atoms with van der Waals surface area (Å²) in [4.78, 5) is 0. The minimum Gasteiger partial charge on any atom is -0.396 e. The van der Waals surface area contributed by atoms with Gasteiger partial charge in [0, 0.05) is 58.8 Å². The molecule has 0 aliphatic heterocycles. The third kappa shape index (κ3) is 39.7. The van der Waals surface area contributed by atoms with Gasteiger partial charge in [0.05, 0.1) is 0 Å². The predicted octanol–water partition coefficient (Wildman–Crippen LogP) is 5.94. The smallest absolute Gasteiger partial charge is 0.0481 e. The average molecular weight is 641 g/mol. The summed E-state index contributed by atoms with van der Waals surface area (Å²) < 4.78 is 0. The van der Waals surface area contributed by atoms with Gasteiger partial charge in [0.1, 0.15) is 0 Å². The summed E-state index contributed by atoms with van der Waals surface area (Å²) in [5.41, 5.74) is 0. The quantitative estimate of drug-likeness (QED) is 0.0539. The van der Waals surface area contributed by atoms with E-state index < -0.39 is 0 Å². The summed E-state index contributed by atoms with van der Waals surface area (Å²) in [6.45, 7) is 14.4. The Kier molecular flexibility index (Phi) is 49.0. The van der Waals surface area contributed by atoms with Gasteiger partial charge in [0.15, 0.2) is 0 Å². The molecule has 0 rings (SSSR count). The van der Waals surface area contributed by atoms with Gasteiger partial charge < -0.3 is 40.9 Å². The molecule has 0 aromatic heterocycles. The molecule has 0 heterocycles. The summed E-state index contributed by atoms with van der Waals surface area (Å²) in [6, 6.07) is 0. The number of aliphatic hydroxyl groups excluding tert-OH is 8. The van der Waals surface area contributed by atoms with E-state index in [4.69, 9.17) is 40.9 Å². The highest BCUT2D eigenvalue weighted by Gasteiger charge is 2.10. The Morgan fingerprint density at radius 2 is 0.864 bits per heavy atom. The molecule has 8 N–H and O–H groups in total. The SMILES string of the molecule is CCC(CO)CCC(C)CO.CCCC(CO)CC(C)CO.CCCCC(CCO)CCO.CCCCCCC(CO)CO. The number of aliphatic hydroxyl groups is 8. The Labute approximate surface area is 273 Å². The lowest BCUT2D eigenvalue weighted by atomic mass is 9.93. The van der Waals surface area contributed by atoms with Crippen molar-refractivity contribution in [2.75, 3.05) is 52.9 Å². The number of unbranched alkanes of at least 4 members (excludes halogenated alkanes) is 4. The van der Waals surface area contributed by atoms with Crippen LogP contribution in [0.3, 0.4) is 0 Å².